The lowest BCUT2D eigenvalue weighted by Crippen LogP contribution is -2.22. The molecule has 0 saturated carbocycles. The molecular weight excluding hydrogens is 387 g/mol. The number of amides is 1. The molecule has 0 bridgehead atoms. The van der Waals surface area contributed by atoms with Crippen LogP contribution in [0.3, 0.4) is 0 Å². The summed E-state index contributed by atoms with van der Waals surface area (Å²) in [5.41, 5.74) is -1.31. The molecule has 6 nitrogen and oxygen atoms in total. The molecule has 2 aromatic carbocycles. The number of halogens is 3. The van der Waals surface area contributed by atoms with Crippen molar-refractivity contribution in [3.63, 3.8) is 0 Å². The van der Waals surface area contributed by atoms with Crippen LogP contribution < -0.4 is 5.32 Å². The van der Waals surface area contributed by atoms with Gasteiger partial charge in [0.2, 0.25) is 0 Å². The second-order valence-corrected chi connectivity index (χ2v) is 7.46. The quantitative estimate of drug-likeness (QED) is 0.779. The molecule has 0 unspecified atom stereocenters. The minimum atomic E-state index is -4.57. The molecule has 0 aliphatic carbocycles. The second-order valence-electron chi connectivity index (χ2n) is 5.47. The van der Waals surface area contributed by atoms with Gasteiger partial charge in [-0.3, -0.25) is 4.79 Å². The largest absolute Gasteiger partial charge is 0.452 e. The van der Waals surface area contributed by atoms with Crippen molar-refractivity contribution in [2.45, 2.75) is 11.1 Å². The smallest absolute Gasteiger partial charge is 0.416 e. The lowest BCUT2D eigenvalue weighted by molar-refractivity contribution is -0.137. The summed E-state index contributed by atoms with van der Waals surface area (Å²) in [6, 6.07) is 9.23. The van der Waals surface area contributed by atoms with E-state index < -0.39 is 40.1 Å². The Morgan fingerprint density at radius 3 is 2.37 bits per heavy atom. The molecule has 0 spiro atoms. The Hall–Kier alpha value is -2.88. The summed E-state index contributed by atoms with van der Waals surface area (Å²) in [6.45, 7) is -0.798. The Balaban J connectivity index is 2.04. The van der Waals surface area contributed by atoms with Gasteiger partial charge in [-0.05, 0) is 30.3 Å². The monoisotopic (exact) mass is 401 g/mol. The summed E-state index contributed by atoms with van der Waals surface area (Å²) in [6.07, 6.45) is -3.65. The fourth-order valence-electron chi connectivity index (χ4n) is 2.14. The van der Waals surface area contributed by atoms with Gasteiger partial charge in [-0.2, -0.15) is 13.2 Å². The summed E-state index contributed by atoms with van der Waals surface area (Å²) in [4.78, 5) is 23.6. The minimum Gasteiger partial charge on any atom is -0.452 e. The number of ether oxygens (including phenoxy) is 1. The highest BCUT2D eigenvalue weighted by molar-refractivity contribution is 7.90. The second kappa shape index (κ2) is 7.78. The predicted molar refractivity (Wildman–Crippen MR) is 89.9 cm³/mol. The number of nitrogens with one attached hydrogen (secondary N) is 1. The molecular formula is C17H14F3NO5S. The molecule has 144 valence electrons. The summed E-state index contributed by atoms with van der Waals surface area (Å²) in [5.74, 6) is -1.92. The van der Waals surface area contributed by atoms with Crippen LogP contribution in [0.2, 0.25) is 0 Å². The molecule has 2 rings (SSSR count). The first-order valence-electron chi connectivity index (χ1n) is 7.42. The van der Waals surface area contributed by atoms with Crippen LogP contribution in [0.5, 0.6) is 0 Å². The lowest BCUT2D eigenvalue weighted by atomic mass is 10.2. The van der Waals surface area contributed by atoms with Crippen LogP contribution in [0.25, 0.3) is 0 Å². The molecule has 10 heteroatoms. The van der Waals surface area contributed by atoms with Crippen LogP contribution in [0, 0.1) is 0 Å². The van der Waals surface area contributed by atoms with Crippen LogP contribution in [0.15, 0.2) is 53.4 Å². The Morgan fingerprint density at radius 1 is 1.07 bits per heavy atom. The first-order chi connectivity index (χ1) is 12.5. The number of esters is 1. The molecule has 0 aromatic heterocycles. The topological polar surface area (TPSA) is 89.5 Å². The van der Waals surface area contributed by atoms with Crippen LogP contribution in [-0.4, -0.2) is 33.2 Å². The van der Waals surface area contributed by atoms with Crippen LogP contribution in [-0.2, 0) is 25.5 Å². The molecule has 0 aliphatic heterocycles. The molecule has 0 saturated heterocycles. The molecule has 1 amide bonds. The molecule has 1 N–H and O–H groups in total. The maximum absolute atomic E-state index is 12.6. The van der Waals surface area contributed by atoms with E-state index in [1.54, 1.807) is 0 Å². The maximum Gasteiger partial charge on any atom is 0.416 e. The minimum absolute atomic E-state index is 0.123. The zero-order chi connectivity index (χ0) is 20.2. The standard InChI is InChI=1S/C17H14F3NO5S/c1-27(24,25)14-8-3-2-7-13(14)16(23)26-10-15(22)21-12-6-4-5-11(9-12)17(18,19)20/h2-9H,10H2,1H3,(H,21,22). The van der Waals surface area contributed by atoms with Gasteiger partial charge in [0.15, 0.2) is 16.4 Å². The SMILES string of the molecule is CS(=O)(=O)c1ccccc1C(=O)OCC(=O)Nc1cccc(C(F)(F)F)c1. The van der Waals surface area contributed by atoms with Gasteiger partial charge in [0.25, 0.3) is 5.91 Å². The van der Waals surface area contributed by atoms with Gasteiger partial charge >= 0.3 is 12.1 Å². The van der Waals surface area contributed by atoms with Crippen LogP contribution >= 0.6 is 0 Å². The van der Waals surface area contributed by atoms with Gasteiger partial charge in [0.1, 0.15) is 0 Å². The molecule has 0 atom stereocenters. The third kappa shape index (κ3) is 5.55. The van der Waals surface area contributed by atoms with E-state index in [4.69, 9.17) is 4.74 Å². The Labute approximate surface area is 152 Å². The van der Waals surface area contributed by atoms with E-state index in [9.17, 15) is 31.2 Å². The third-order valence-corrected chi connectivity index (χ3v) is 4.47. The highest BCUT2D eigenvalue weighted by atomic mass is 32.2. The van der Waals surface area contributed by atoms with Crippen molar-refractivity contribution in [3.05, 3.63) is 59.7 Å². The number of hydrogen-bond acceptors (Lipinski definition) is 5. The van der Waals surface area contributed by atoms with E-state index in [0.717, 1.165) is 24.5 Å². The fourth-order valence-corrected chi connectivity index (χ4v) is 3.01. The summed E-state index contributed by atoms with van der Waals surface area (Å²) >= 11 is 0. The van der Waals surface area contributed by atoms with Crippen molar-refractivity contribution in [2.24, 2.45) is 0 Å². The van der Waals surface area contributed by atoms with Crippen LogP contribution in [0.1, 0.15) is 15.9 Å². The van der Waals surface area contributed by atoms with Crippen molar-refractivity contribution < 1.29 is 35.9 Å². The van der Waals surface area contributed by atoms with E-state index in [-0.39, 0.29) is 16.1 Å². The van der Waals surface area contributed by atoms with Crippen molar-refractivity contribution >= 4 is 27.4 Å². The van der Waals surface area contributed by atoms with Crippen molar-refractivity contribution in [1.82, 2.24) is 0 Å². The van der Waals surface area contributed by atoms with E-state index >= 15 is 0 Å². The first kappa shape index (κ1) is 20.4. The van der Waals surface area contributed by atoms with Gasteiger partial charge in [-0.25, -0.2) is 13.2 Å². The van der Waals surface area contributed by atoms with Gasteiger partial charge in [0.05, 0.1) is 16.0 Å². The highest BCUT2D eigenvalue weighted by Crippen LogP contribution is 2.30. The normalized spacial score (nSPS) is 11.7. The number of anilines is 1. The first-order valence-corrected chi connectivity index (χ1v) is 9.31. The third-order valence-electron chi connectivity index (χ3n) is 3.31. The fraction of sp³-hybridized carbons (Fsp3) is 0.176. The summed E-state index contributed by atoms with van der Waals surface area (Å²) in [7, 11) is -3.69. The van der Waals surface area contributed by atoms with Gasteiger partial charge in [0, 0.05) is 11.9 Å². The zero-order valence-electron chi connectivity index (χ0n) is 13.9. The summed E-state index contributed by atoms with van der Waals surface area (Å²) < 4.78 is 66.1. The average molecular weight is 401 g/mol. The van der Waals surface area contributed by atoms with E-state index in [1.807, 2.05) is 0 Å². The Bertz CT molecular complexity index is 971. The van der Waals surface area contributed by atoms with Crippen LogP contribution in [0.4, 0.5) is 18.9 Å². The van der Waals surface area contributed by atoms with Gasteiger partial charge < -0.3 is 10.1 Å². The number of rotatable bonds is 5. The summed E-state index contributed by atoms with van der Waals surface area (Å²) in [5, 5.41) is 2.17. The number of benzene rings is 2. The van der Waals surface area contributed by atoms with Gasteiger partial charge in [-0.1, -0.05) is 18.2 Å². The molecule has 0 heterocycles. The number of hydrogen-bond donors (Lipinski definition) is 1. The zero-order valence-corrected chi connectivity index (χ0v) is 14.7. The maximum atomic E-state index is 12.6. The predicted octanol–water partition coefficient (Wildman–Crippen LogP) is 2.90. The Kier molecular flexibility index (Phi) is 5.89. The highest BCUT2D eigenvalue weighted by Gasteiger charge is 2.30. The molecule has 27 heavy (non-hydrogen) atoms. The number of alkyl halides is 3. The van der Waals surface area contributed by atoms with E-state index in [2.05, 4.69) is 5.32 Å². The van der Waals surface area contributed by atoms with Crippen molar-refractivity contribution in [1.29, 1.82) is 0 Å². The number of carbonyl (C=O) groups excluding carboxylic acids is 2. The number of sulfone groups is 1. The average Bonchev–Trinajstić information content (AvgIpc) is 2.58. The van der Waals surface area contributed by atoms with Crippen molar-refractivity contribution in [2.75, 3.05) is 18.2 Å². The Morgan fingerprint density at radius 2 is 1.74 bits per heavy atom. The van der Waals surface area contributed by atoms with Crippen molar-refractivity contribution in [3.8, 4) is 0 Å². The lowest BCUT2D eigenvalue weighted by Gasteiger charge is -2.11. The molecule has 2 aromatic rings. The van der Waals surface area contributed by atoms with E-state index in [1.165, 1.54) is 30.3 Å². The van der Waals surface area contributed by atoms with E-state index in [0.29, 0.717) is 0 Å². The molecule has 0 radical (unpaired) electrons. The number of carbonyl (C=O) groups is 2. The molecule has 0 aliphatic rings. The van der Waals surface area contributed by atoms with Gasteiger partial charge in [-0.15, -0.1) is 0 Å². The molecule has 0 fully saturated rings.